The number of nitriles is 1. The summed E-state index contributed by atoms with van der Waals surface area (Å²) in [6.07, 6.45) is 0.194. The number of rotatable bonds is 3. The van der Waals surface area contributed by atoms with Crippen molar-refractivity contribution in [2.24, 2.45) is 0 Å². The highest BCUT2D eigenvalue weighted by molar-refractivity contribution is 5.85. The number of benzene rings is 1. The van der Waals surface area contributed by atoms with Crippen LogP contribution < -0.4 is 10.1 Å². The first-order valence-electron chi connectivity index (χ1n) is 7.05. The van der Waals surface area contributed by atoms with Gasteiger partial charge < -0.3 is 14.8 Å². The van der Waals surface area contributed by atoms with E-state index < -0.39 is 0 Å². The van der Waals surface area contributed by atoms with Gasteiger partial charge in [0.2, 0.25) is 5.88 Å². The number of ether oxygens (including phenoxy) is 2. The lowest BCUT2D eigenvalue weighted by molar-refractivity contribution is -0.0476. The molecule has 1 aromatic carbocycles. The predicted octanol–water partition coefficient (Wildman–Crippen LogP) is 1.86. The van der Waals surface area contributed by atoms with Crippen LogP contribution in [0.2, 0.25) is 0 Å². The number of morpholine rings is 1. The van der Waals surface area contributed by atoms with Crippen molar-refractivity contribution in [3.05, 3.63) is 35.9 Å². The second kappa shape index (κ2) is 6.08. The molecule has 2 unspecified atom stereocenters. The SMILES string of the molecule is CC1CNCC(COc2cc(C#N)c3ccccc3n2)O1. The zero-order valence-electron chi connectivity index (χ0n) is 11.9. The van der Waals surface area contributed by atoms with E-state index in [0.717, 1.165) is 24.0 Å². The number of nitrogens with zero attached hydrogens (tertiary/aromatic N) is 2. The normalized spacial score (nSPS) is 21.9. The number of hydrogen-bond donors (Lipinski definition) is 1. The molecule has 0 amide bonds. The van der Waals surface area contributed by atoms with E-state index in [-0.39, 0.29) is 12.2 Å². The summed E-state index contributed by atoms with van der Waals surface area (Å²) < 4.78 is 11.5. The lowest BCUT2D eigenvalue weighted by atomic mass is 10.1. The predicted molar refractivity (Wildman–Crippen MR) is 79.2 cm³/mol. The number of pyridine rings is 1. The molecule has 0 aliphatic carbocycles. The molecule has 108 valence electrons. The van der Waals surface area contributed by atoms with Gasteiger partial charge in [0.25, 0.3) is 0 Å². The summed E-state index contributed by atoms with van der Waals surface area (Å²) in [5.41, 5.74) is 1.34. The third-order valence-corrected chi connectivity index (χ3v) is 3.46. The van der Waals surface area contributed by atoms with Crippen molar-refractivity contribution in [2.45, 2.75) is 19.1 Å². The molecular formula is C16H17N3O2. The Morgan fingerprint density at radius 2 is 2.29 bits per heavy atom. The van der Waals surface area contributed by atoms with Crippen LogP contribution in [0.5, 0.6) is 5.88 Å². The minimum Gasteiger partial charge on any atom is -0.475 e. The second-order valence-corrected chi connectivity index (χ2v) is 5.17. The summed E-state index contributed by atoms with van der Waals surface area (Å²) in [5.74, 6) is 0.465. The van der Waals surface area contributed by atoms with Gasteiger partial charge >= 0.3 is 0 Å². The van der Waals surface area contributed by atoms with Crippen LogP contribution in [0.4, 0.5) is 0 Å². The smallest absolute Gasteiger partial charge is 0.215 e. The molecular weight excluding hydrogens is 266 g/mol. The third kappa shape index (κ3) is 3.13. The summed E-state index contributed by atoms with van der Waals surface area (Å²) in [6.45, 7) is 4.08. The molecule has 2 heterocycles. The van der Waals surface area contributed by atoms with Gasteiger partial charge in [-0.25, -0.2) is 4.98 Å². The van der Waals surface area contributed by atoms with Crippen LogP contribution in [0.1, 0.15) is 12.5 Å². The number of hydrogen-bond acceptors (Lipinski definition) is 5. The first kappa shape index (κ1) is 13.8. The quantitative estimate of drug-likeness (QED) is 0.931. The molecule has 0 spiro atoms. The molecule has 5 heteroatoms. The van der Waals surface area contributed by atoms with Gasteiger partial charge in [-0.3, -0.25) is 0 Å². The van der Waals surface area contributed by atoms with E-state index in [1.54, 1.807) is 6.07 Å². The van der Waals surface area contributed by atoms with Crippen LogP contribution in [0.15, 0.2) is 30.3 Å². The van der Waals surface area contributed by atoms with E-state index in [0.29, 0.717) is 18.1 Å². The lowest BCUT2D eigenvalue weighted by Crippen LogP contribution is -2.45. The highest BCUT2D eigenvalue weighted by Gasteiger charge is 2.19. The van der Waals surface area contributed by atoms with Crippen LogP contribution in [0.3, 0.4) is 0 Å². The summed E-state index contributed by atoms with van der Waals surface area (Å²) in [4.78, 5) is 4.44. The highest BCUT2D eigenvalue weighted by Crippen LogP contribution is 2.21. The number of para-hydroxylation sites is 1. The minimum absolute atomic E-state index is 0.00700. The summed E-state index contributed by atoms with van der Waals surface area (Å²) >= 11 is 0. The molecule has 0 bridgehead atoms. The van der Waals surface area contributed by atoms with Crippen LogP contribution >= 0.6 is 0 Å². The average Bonchev–Trinajstić information content (AvgIpc) is 2.52. The fourth-order valence-electron chi connectivity index (χ4n) is 2.47. The molecule has 1 aliphatic rings. The molecule has 2 aromatic rings. The van der Waals surface area contributed by atoms with Crippen molar-refractivity contribution < 1.29 is 9.47 Å². The Bertz CT molecular complexity index is 681. The standard InChI is InChI=1S/C16H17N3O2/c1-11-8-18-9-13(21-11)10-20-16-6-12(7-17)14-4-2-3-5-15(14)19-16/h2-6,11,13,18H,8-10H2,1H3. The van der Waals surface area contributed by atoms with Crippen LogP contribution in [-0.2, 0) is 4.74 Å². The van der Waals surface area contributed by atoms with E-state index in [1.807, 2.05) is 31.2 Å². The van der Waals surface area contributed by atoms with E-state index in [9.17, 15) is 5.26 Å². The Morgan fingerprint density at radius 3 is 3.10 bits per heavy atom. The van der Waals surface area contributed by atoms with Crippen LogP contribution in [0, 0.1) is 11.3 Å². The molecule has 3 rings (SSSR count). The Hall–Kier alpha value is -2.16. The highest BCUT2D eigenvalue weighted by atomic mass is 16.5. The number of fused-ring (bicyclic) bond motifs is 1. The fraction of sp³-hybridized carbons (Fsp3) is 0.375. The van der Waals surface area contributed by atoms with Crippen molar-refractivity contribution in [3.8, 4) is 11.9 Å². The molecule has 1 aliphatic heterocycles. The van der Waals surface area contributed by atoms with Crippen molar-refractivity contribution in [1.29, 1.82) is 5.26 Å². The van der Waals surface area contributed by atoms with E-state index >= 15 is 0 Å². The molecule has 0 saturated carbocycles. The molecule has 1 fully saturated rings. The third-order valence-electron chi connectivity index (χ3n) is 3.46. The zero-order chi connectivity index (χ0) is 14.7. The Balaban J connectivity index is 1.76. The van der Waals surface area contributed by atoms with E-state index in [2.05, 4.69) is 16.4 Å². The van der Waals surface area contributed by atoms with Gasteiger partial charge in [-0.15, -0.1) is 0 Å². The van der Waals surface area contributed by atoms with Gasteiger partial charge in [0.15, 0.2) is 0 Å². The summed E-state index contributed by atoms with van der Waals surface area (Å²) in [5, 5.41) is 13.4. The molecule has 5 nitrogen and oxygen atoms in total. The topological polar surface area (TPSA) is 67.2 Å². The number of aromatic nitrogens is 1. The maximum absolute atomic E-state index is 9.24. The lowest BCUT2D eigenvalue weighted by Gasteiger charge is -2.28. The molecule has 1 aromatic heterocycles. The molecule has 1 saturated heterocycles. The molecule has 1 N–H and O–H groups in total. The molecule has 21 heavy (non-hydrogen) atoms. The van der Waals surface area contributed by atoms with Crippen LogP contribution in [0.25, 0.3) is 10.9 Å². The van der Waals surface area contributed by atoms with E-state index in [4.69, 9.17) is 9.47 Å². The first-order chi connectivity index (χ1) is 10.3. The molecule has 2 atom stereocenters. The maximum atomic E-state index is 9.24. The van der Waals surface area contributed by atoms with Crippen molar-refractivity contribution in [3.63, 3.8) is 0 Å². The van der Waals surface area contributed by atoms with Gasteiger partial charge in [0.05, 0.1) is 17.2 Å². The monoisotopic (exact) mass is 283 g/mol. The molecule has 0 radical (unpaired) electrons. The van der Waals surface area contributed by atoms with E-state index in [1.165, 1.54) is 0 Å². The first-order valence-corrected chi connectivity index (χ1v) is 7.05. The summed E-state index contributed by atoms with van der Waals surface area (Å²) in [6, 6.07) is 11.4. The van der Waals surface area contributed by atoms with Gasteiger partial charge in [-0.2, -0.15) is 5.26 Å². The van der Waals surface area contributed by atoms with Gasteiger partial charge in [0.1, 0.15) is 18.8 Å². The van der Waals surface area contributed by atoms with Crippen molar-refractivity contribution in [2.75, 3.05) is 19.7 Å². The Kier molecular flexibility index (Phi) is 4.00. The Morgan fingerprint density at radius 1 is 1.43 bits per heavy atom. The van der Waals surface area contributed by atoms with Crippen molar-refractivity contribution >= 4 is 10.9 Å². The van der Waals surface area contributed by atoms with Gasteiger partial charge in [0, 0.05) is 24.5 Å². The fourth-order valence-corrected chi connectivity index (χ4v) is 2.47. The maximum Gasteiger partial charge on any atom is 0.215 e. The minimum atomic E-state index is 0.00700. The Labute approximate surface area is 123 Å². The van der Waals surface area contributed by atoms with Crippen molar-refractivity contribution in [1.82, 2.24) is 10.3 Å². The van der Waals surface area contributed by atoms with Gasteiger partial charge in [-0.1, -0.05) is 18.2 Å². The summed E-state index contributed by atoms with van der Waals surface area (Å²) in [7, 11) is 0. The zero-order valence-corrected chi connectivity index (χ0v) is 11.9. The van der Waals surface area contributed by atoms with Crippen LogP contribution in [-0.4, -0.2) is 36.9 Å². The average molecular weight is 283 g/mol. The number of nitrogens with one attached hydrogen (secondary N) is 1. The van der Waals surface area contributed by atoms with Gasteiger partial charge in [-0.05, 0) is 13.0 Å². The second-order valence-electron chi connectivity index (χ2n) is 5.17. The largest absolute Gasteiger partial charge is 0.475 e.